The van der Waals surface area contributed by atoms with Crippen molar-refractivity contribution in [2.45, 2.75) is 25.8 Å². The summed E-state index contributed by atoms with van der Waals surface area (Å²) in [6.45, 7) is 3.66. The second-order valence-electron chi connectivity index (χ2n) is 5.47. The first-order chi connectivity index (χ1) is 9.56. The highest BCUT2D eigenvalue weighted by Crippen LogP contribution is 2.21. The van der Waals surface area contributed by atoms with E-state index in [0.717, 1.165) is 25.9 Å². The number of rotatable bonds is 3. The summed E-state index contributed by atoms with van der Waals surface area (Å²) in [5.74, 6) is 0.444. The van der Waals surface area contributed by atoms with Crippen LogP contribution in [-0.2, 0) is 7.05 Å². The minimum Gasteiger partial charge on any atom is -0.338 e. The van der Waals surface area contributed by atoms with Crippen LogP contribution in [0.15, 0.2) is 23.1 Å². The quantitative estimate of drug-likeness (QED) is 0.891. The maximum absolute atomic E-state index is 12.5. The molecule has 1 aliphatic heterocycles. The Kier molecular flexibility index (Phi) is 4.60. The monoisotopic (exact) mass is 277 g/mol. The molecule has 1 N–H and O–H groups in total. The number of hydrogen-bond donors (Lipinski definition) is 1. The zero-order valence-corrected chi connectivity index (χ0v) is 12.4. The van der Waals surface area contributed by atoms with Gasteiger partial charge in [-0.15, -0.1) is 0 Å². The van der Waals surface area contributed by atoms with Crippen molar-refractivity contribution in [1.29, 1.82) is 0 Å². The molecule has 0 bridgehead atoms. The second-order valence-corrected chi connectivity index (χ2v) is 5.47. The van der Waals surface area contributed by atoms with Crippen LogP contribution in [0.3, 0.4) is 0 Å². The Morgan fingerprint density at radius 2 is 2.25 bits per heavy atom. The summed E-state index contributed by atoms with van der Waals surface area (Å²) in [7, 11) is 3.66. The predicted octanol–water partition coefficient (Wildman–Crippen LogP) is 0.845. The van der Waals surface area contributed by atoms with E-state index >= 15 is 0 Å². The fourth-order valence-corrected chi connectivity index (χ4v) is 2.87. The third-order valence-electron chi connectivity index (χ3n) is 4.27. The van der Waals surface area contributed by atoms with Gasteiger partial charge in [0.05, 0.1) is 0 Å². The highest BCUT2D eigenvalue weighted by Gasteiger charge is 2.29. The Morgan fingerprint density at radius 1 is 1.50 bits per heavy atom. The van der Waals surface area contributed by atoms with Gasteiger partial charge in [-0.05, 0) is 25.5 Å². The molecular formula is C15H23N3O2. The van der Waals surface area contributed by atoms with Gasteiger partial charge in [-0.25, -0.2) is 0 Å². The summed E-state index contributed by atoms with van der Waals surface area (Å²) in [4.78, 5) is 26.0. The summed E-state index contributed by atoms with van der Waals surface area (Å²) in [5.41, 5.74) is 0.346. The van der Waals surface area contributed by atoms with Gasteiger partial charge in [0.15, 0.2) is 0 Å². The van der Waals surface area contributed by atoms with Gasteiger partial charge in [0.2, 0.25) is 0 Å². The van der Waals surface area contributed by atoms with Crippen molar-refractivity contribution in [3.05, 3.63) is 34.2 Å². The lowest BCUT2D eigenvalue weighted by Gasteiger charge is -2.38. The normalized spacial score (nSPS) is 22.9. The number of amides is 1. The summed E-state index contributed by atoms with van der Waals surface area (Å²) < 4.78 is 1.47. The zero-order chi connectivity index (χ0) is 14.7. The van der Waals surface area contributed by atoms with Crippen LogP contribution in [0.1, 0.15) is 30.1 Å². The van der Waals surface area contributed by atoms with Gasteiger partial charge in [-0.3, -0.25) is 9.59 Å². The van der Waals surface area contributed by atoms with Gasteiger partial charge in [-0.1, -0.05) is 13.3 Å². The van der Waals surface area contributed by atoms with Crippen LogP contribution in [0, 0.1) is 5.92 Å². The average Bonchev–Trinajstić information content (AvgIpc) is 2.48. The lowest BCUT2D eigenvalue weighted by molar-refractivity contribution is 0.0631. The SMILES string of the molecule is CCC1CN(C(=O)c2ccn(C)c(=O)c2)CCC1NC. The van der Waals surface area contributed by atoms with Crippen molar-refractivity contribution in [3.63, 3.8) is 0 Å². The largest absolute Gasteiger partial charge is 0.338 e. The Bertz CT molecular complexity index is 538. The molecule has 0 aliphatic carbocycles. The smallest absolute Gasteiger partial charge is 0.254 e. The Labute approximate surface area is 119 Å². The summed E-state index contributed by atoms with van der Waals surface area (Å²) in [5, 5.41) is 3.33. The molecule has 2 unspecified atom stereocenters. The summed E-state index contributed by atoms with van der Waals surface area (Å²) in [6.07, 6.45) is 3.66. The van der Waals surface area contributed by atoms with Gasteiger partial charge < -0.3 is 14.8 Å². The van der Waals surface area contributed by atoms with Gasteiger partial charge in [0, 0.05) is 44.0 Å². The number of carbonyl (C=O) groups is 1. The number of aryl methyl sites for hydroxylation is 1. The van der Waals surface area contributed by atoms with Crippen molar-refractivity contribution in [2.24, 2.45) is 13.0 Å². The lowest BCUT2D eigenvalue weighted by Crippen LogP contribution is -2.50. The second kappa shape index (κ2) is 6.22. The molecule has 1 aliphatic rings. The van der Waals surface area contributed by atoms with Crippen LogP contribution < -0.4 is 10.9 Å². The van der Waals surface area contributed by atoms with Crippen molar-refractivity contribution >= 4 is 5.91 Å². The first kappa shape index (κ1) is 14.8. The Hall–Kier alpha value is -1.62. The highest BCUT2D eigenvalue weighted by atomic mass is 16.2. The molecular weight excluding hydrogens is 254 g/mol. The fourth-order valence-electron chi connectivity index (χ4n) is 2.87. The van der Waals surface area contributed by atoms with E-state index < -0.39 is 0 Å². The molecule has 0 spiro atoms. The molecule has 1 fully saturated rings. The number of nitrogens with one attached hydrogen (secondary N) is 1. The van der Waals surface area contributed by atoms with Crippen LogP contribution in [-0.4, -0.2) is 41.6 Å². The number of piperidine rings is 1. The number of hydrogen-bond acceptors (Lipinski definition) is 3. The van der Waals surface area contributed by atoms with E-state index in [1.54, 1.807) is 19.3 Å². The molecule has 110 valence electrons. The molecule has 0 saturated carbocycles. The maximum atomic E-state index is 12.5. The van der Waals surface area contributed by atoms with E-state index in [0.29, 0.717) is 17.5 Å². The molecule has 5 heteroatoms. The van der Waals surface area contributed by atoms with E-state index in [4.69, 9.17) is 0 Å². The van der Waals surface area contributed by atoms with Crippen LogP contribution >= 0.6 is 0 Å². The van der Waals surface area contributed by atoms with Crippen molar-refractivity contribution in [3.8, 4) is 0 Å². The number of aromatic nitrogens is 1. The molecule has 0 radical (unpaired) electrons. The van der Waals surface area contributed by atoms with Crippen LogP contribution in [0.5, 0.6) is 0 Å². The first-order valence-electron chi connectivity index (χ1n) is 7.20. The molecule has 2 atom stereocenters. The minimum atomic E-state index is -0.145. The van der Waals surface area contributed by atoms with E-state index in [-0.39, 0.29) is 11.5 Å². The molecule has 5 nitrogen and oxygen atoms in total. The van der Waals surface area contributed by atoms with E-state index in [1.165, 1.54) is 10.6 Å². The number of pyridine rings is 1. The van der Waals surface area contributed by atoms with Gasteiger partial charge >= 0.3 is 0 Å². The number of nitrogens with zero attached hydrogens (tertiary/aromatic N) is 2. The molecule has 2 heterocycles. The van der Waals surface area contributed by atoms with Crippen LogP contribution in [0.4, 0.5) is 0 Å². The molecule has 20 heavy (non-hydrogen) atoms. The average molecular weight is 277 g/mol. The molecule has 1 aromatic heterocycles. The molecule has 2 rings (SSSR count). The van der Waals surface area contributed by atoms with Gasteiger partial charge in [0.25, 0.3) is 11.5 Å². The molecule has 1 aromatic rings. The number of carbonyl (C=O) groups excluding carboxylic acids is 1. The van der Waals surface area contributed by atoms with Crippen molar-refractivity contribution in [2.75, 3.05) is 20.1 Å². The van der Waals surface area contributed by atoms with E-state index in [9.17, 15) is 9.59 Å². The van der Waals surface area contributed by atoms with Crippen molar-refractivity contribution in [1.82, 2.24) is 14.8 Å². The molecule has 0 aromatic carbocycles. The predicted molar refractivity (Wildman–Crippen MR) is 78.8 cm³/mol. The van der Waals surface area contributed by atoms with Crippen LogP contribution in [0.25, 0.3) is 0 Å². The maximum Gasteiger partial charge on any atom is 0.254 e. The van der Waals surface area contributed by atoms with E-state index in [1.807, 2.05) is 11.9 Å². The number of likely N-dealkylation sites (tertiary alicyclic amines) is 1. The minimum absolute atomic E-state index is 0.0318. The fraction of sp³-hybridized carbons (Fsp3) is 0.600. The summed E-state index contributed by atoms with van der Waals surface area (Å²) >= 11 is 0. The topological polar surface area (TPSA) is 54.3 Å². The Morgan fingerprint density at radius 3 is 2.85 bits per heavy atom. The van der Waals surface area contributed by atoms with Crippen LogP contribution in [0.2, 0.25) is 0 Å². The third-order valence-corrected chi connectivity index (χ3v) is 4.27. The lowest BCUT2D eigenvalue weighted by atomic mass is 9.90. The molecule has 1 saturated heterocycles. The van der Waals surface area contributed by atoms with Gasteiger partial charge in [0.1, 0.15) is 0 Å². The molecule has 1 amide bonds. The standard InChI is InChI=1S/C15H23N3O2/c1-4-11-10-18(8-6-13(11)16-2)15(20)12-5-7-17(3)14(19)9-12/h5,7,9,11,13,16H,4,6,8,10H2,1-3H3. The first-order valence-corrected chi connectivity index (χ1v) is 7.20. The van der Waals surface area contributed by atoms with Gasteiger partial charge in [-0.2, -0.15) is 0 Å². The third kappa shape index (κ3) is 2.93. The highest BCUT2D eigenvalue weighted by molar-refractivity contribution is 5.94. The van der Waals surface area contributed by atoms with E-state index in [2.05, 4.69) is 12.2 Å². The summed E-state index contributed by atoms with van der Waals surface area (Å²) in [6, 6.07) is 3.62. The Balaban J connectivity index is 2.13. The zero-order valence-electron chi connectivity index (χ0n) is 12.4. The van der Waals surface area contributed by atoms with Crippen molar-refractivity contribution < 1.29 is 4.79 Å².